The van der Waals surface area contributed by atoms with Gasteiger partial charge in [0.2, 0.25) is 11.8 Å². The molecule has 2 amide bonds. The molecule has 0 aliphatic carbocycles. The third-order valence-corrected chi connectivity index (χ3v) is 5.19. The van der Waals surface area contributed by atoms with Crippen molar-refractivity contribution in [2.24, 2.45) is 0 Å². The third-order valence-electron chi connectivity index (χ3n) is 5.19. The number of unbranched alkanes of at least 4 members (excludes halogenated alkanes) is 4. The lowest BCUT2D eigenvalue weighted by Crippen LogP contribution is -2.44. The first kappa shape index (κ1) is 20.5. The zero-order valence-electron chi connectivity index (χ0n) is 16.5. The summed E-state index contributed by atoms with van der Waals surface area (Å²) in [5.41, 5.74) is 2.57. The van der Waals surface area contributed by atoms with E-state index in [-0.39, 0.29) is 18.4 Å². The smallest absolute Gasteiger partial charge is 0.242 e. The SMILES string of the molecule is CCCCCCC(=O)N(CCCC)CC(=O)N1CCc2ccccc2C1. The first-order valence-corrected chi connectivity index (χ1v) is 10.3. The summed E-state index contributed by atoms with van der Waals surface area (Å²) in [7, 11) is 0. The molecule has 4 nitrogen and oxygen atoms in total. The quantitative estimate of drug-likeness (QED) is 0.589. The number of hydrogen-bond donors (Lipinski definition) is 0. The topological polar surface area (TPSA) is 40.6 Å². The predicted molar refractivity (Wildman–Crippen MR) is 106 cm³/mol. The molecule has 1 aromatic rings. The molecule has 144 valence electrons. The van der Waals surface area contributed by atoms with E-state index in [0.29, 0.717) is 19.5 Å². The normalized spacial score (nSPS) is 13.4. The maximum absolute atomic E-state index is 12.8. The number of rotatable bonds is 10. The van der Waals surface area contributed by atoms with Crippen molar-refractivity contribution in [2.75, 3.05) is 19.6 Å². The van der Waals surface area contributed by atoms with Crippen LogP contribution in [0, 0.1) is 0 Å². The van der Waals surface area contributed by atoms with Crippen LogP contribution in [0.4, 0.5) is 0 Å². The number of carbonyl (C=O) groups excluding carboxylic acids is 2. The maximum atomic E-state index is 12.8. The Labute approximate surface area is 158 Å². The van der Waals surface area contributed by atoms with Gasteiger partial charge in [0.25, 0.3) is 0 Å². The van der Waals surface area contributed by atoms with Crippen molar-refractivity contribution in [3.63, 3.8) is 0 Å². The fourth-order valence-corrected chi connectivity index (χ4v) is 3.47. The Morgan fingerprint density at radius 3 is 2.46 bits per heavy atom. The average Bonchev–Trinajstić information content (AvgIpc) is 2.67. The van der Waals surface area contributed by atoms with Crippen molar-refractivity contribution in [1.29, 1.82) is 0 Å². The summed E-state index contributed by atoms with van der Waals surface area (Å²) >= 11 is 0. The van der Waals surface area contributed by atoms with Crippen LogP contribution in [0.15, 0.2) is 24.3 Å². The van der Waals surface area contributed by atoms with Gasteiger partial charge in [-0.05, 0) is 30.4 Å². The van der Waals surface area contributed by atoms with Crippen molar-refractivity contribution >= 4 is 11.8 Å². The lowest BCUT2D eigenvalue weighted by molar-refractivity contribution is -0.141. The molecule has 1 heterocycles. The molecule has 1 aromatic carbocycles. The number of nitrogens with zero attached hydrogens (tertiary/aromatic N) is 2. The Bertz CT molecular complexity index is 585. The molecule has 0 atom stereocenters. The van der Waals surface area contributed by atoms with Crippen LogP contribution >= 0.6 is 0 Å². The molecule has 2 rings (SSSR count). The molecular weight excluding hydrogens is 324 g/mol. The van der Waals surface area contributed by atoms with Crippen LogP contribution in [0.25, 0.3) is 0 Å². The second-order valence-corrected chi connectivity index (χ2v) is 7.31. The minimum atomic E-state index is 0.0810. The van der Waals surface area contributed by atoms with E-state index >= 15 is 0 Å². The van der Waals surface area contributed by atoms with E-state index in [0.717, 1.165) is 38.6 Å². The minimum absolute atomic E-state index is 0.0810. The summed E-state index contributed by atoms with van der Waals surface area (Å²) in [5, 5.41) is 0. The molecule has 1 aliphatic heterocycles. The van der Waals surface area contributed by atoms with Crippen LogP contribution in [-0.2, 0) is 22.6 Å². The second-order valence-electron chi connectivity index (χ2n) is 7.31. The van der Waals surface area contributed by atoms with E-state index < -0.39 is 0 Å². The molecule has 0 N–H and O–H groups in total. The summed E-state index contributed by atoms with van der Waals surface area (Å²) in [6.45, 7) is 6.63. The van der Waals surface area contributed by atoms with Gasteiger partial charge in [-0.2, -0.15) is 0 Å². The Balaban J connectivity index is 1.90. The molecule has 4 heteroatoms. The van der Waals surface area contributed by atoms with E-state index in [1.807, 2.05) is 11.0 Å². The summed E-state index contributed by atoms with van der Waals surface area (Å²) in [5.74, 6) is 0.220. The molecule has 0 aromatic heterocycles. The molecule has 0 saturated heterocycles. The molecule has 0 saturated carbocycles. The van der Waals surface area contributed by atoms with E-state index in [9.17, 15) is 9.59 Å². The average molecular weight is 359 g/mol. The predicted octanol–water partition coefficient (Wildman–Crippen LogP) is 4.17. The van der Waals surface area contributed by atoms with Crippen LogP contribution in [0.1, 0.15) is 69.9 Å². The fourth-order valence-electron chi connectivity index (χ4n) is 3.47. The van der Waals surface area contributed by atoms with Gasteiger partial charge >= 0.3 is 0 Å². The molecule has 0 bridgehead atoms. The lowest BCUT2D eigenvalue weighted by Gasteiger charge is -2.31. The van der Waals surface area contributed by atoms with Gasteiger partial charge in [-0.1, -0.05) is 63.8 Å². The molecule has 0 unspecified atom stereocenters. The van der Waals surface area contributed by atoms with Gasteiger partial charge in [0, 0.05) is 26.1 Å². The van der Waals surface area contributed by atoms with Crippen molar-refractivity contribution in [3.05, 3.63) is 35.4 Å². The van der Waals surface area contributed by atoms with E-state index in [2.05, 4.69) is 32.0 Å². The van der Waals surface area contributed by atoms with Crippen molar-refractivity contribution in [3.8, 4) is 0 Å². The number of fused-ring (bicyclic) bond motifs is 1. The van der Waals surface area contributed by atoms with E-state index in [4.69, 9.17) is 0 Å². The van der Waals surface area contributed by atoms with Crippen molar-refractivity contribution in [1.82, 2.24) is 9.80 Å². The Kier molecular flexibility index (Phi) is 8.66. The zero-order chi connectivity index (χ0) is 18.8. The highest BCUT2D eigenvalue weighted by molar-refractivity contribution is 5.85. The largest absolute Gasteiger partial charge is 0.336 e. The van der Waals surface area contributed by atoms with Gasteiger partial charge in [-0.25, -0.2) is 0 Å². The highest BCUT2D eigenvalue weighted by atomic mass is 16.2. The first-order valence-electron chi connectivity index (χ1n) is 10.3. The molecule has 1 aliphatic rings. The maximum Gasteiger partial charge on any atom is 0.242 e. The van der Waals surface area contributed by atoms with Crippen LogP contribution in [0.2, 0.25) is 0 Å². The summed E-state index contributed by atoms with van der Waals surface area (Å²) in [6.07, 6.45) is 7.84. The third kappa shape index (κ3) is 6.15. The first-order chi connectivity index (χ1) is 12.7. The second kappa shape index (κ2) is 11.0. The van der Waals surface area contributed by atoms with Crippen LogP contribution in [-0.4, -0.2) is 41.2 Å². The number of hydrogen-bond acceptors (Lipinski definition) is 2. The van der Waals surface area contributed by atoms with Gasteiger partial charge in [-0.15, -0.1) is 0 Å². The summed E-state index contributed by atoms with van der Waals surface area (Å²) in [6, 6.07) is 8.33. The highest BCUT2D eigenvalue weighted by Gasteiger charge is 2.23. The van der Waals surface area contributed by atoms with Gasteiger partial charge < -0.3 is 9.80 Å². The zero-order valence-corrected chi connectivity index (χ0v) is 16.5. The summed E-state index contributed by atoms with van der Waals surface area (Å²) < 4.78 is 0. The monoisotopic (exact) mass is 358 g/mol. The van der Waals surface area contributed by atoms with E-state index in [1.54, 1.807) is 4.90 Å². The van der Waals surface area contributed by atoms with Gasteiger partial charge in [0.15, 0.2) is 0 Å². The molecule has 0 fully saturated rings. The standard InChI is InChI=1S/C22H34N2O2/c1-3-5-7-8-13-21(25)23(15-6-4-2)18-22(26)24-16-14-19-11-9-10-12-20(19)17-24/h9-12H,3-8,13-18H2,1-2H3. The van der Waals surface area contributed by atoms with Crippen molar-refractivity contribution < 1.29 is 9.59 Å². The fraction of sp³-hybridized carbons (Fsp3) is 0.636. The van der Waals surface area contributed by atoms with Crippen LogP contribution in [0.5, 0.6) is 0 Å². The highest BCUT2D eigenvalue weighted by Crippen LogP contribution is 2.19. The molecule has 0 radical (unpaired) electrons. The lowest BCUT2D eigenvalue weighted by atomic mass is 10.00. The van der Waals surface area contributed by atoms with Gasteiger partial charge in [0.05, 0.1) is 6.54 Å². The number of benzene rings is 1. The Hall–Kier alpha value is -1.84. The number of amides is 2. The molecule has 26 heavy (non-hydrogen) atoms. The Morgan fingerprint density at radius 2 is 1.73 bits per heavy atom. The summed E-state index contributed by atoms with van der Waals surface area (Å²) in [4.78, 5) is 29.1. The molecular formula is C22H34N2O2. The van der Waals surface area contributed by atoms with Crippen LogP contribution < -0.4 is 0 Å². The Morgan fingerprint density at radius 1 is 1.00 bits per heavy atom. The van der Waals surface area contributed by atoms with E-state index in [1.165, 1.54) is 24.0 Å². The van der Waals surface area contributed by atoms with Gasteiger partial charge in [-0.3, -0.25) is 9.59 Å². The minimum Gasteiger partial charge on any atom is -0.336 e. The number of carbonyl (C=O) groups is 2. The van der Waals surface area contributed by atoms with Crippen molar-refractivity contribution in [2.45, 2.75) is 71.8 Å². The van der Waals surface area contributed by atoms with Crippen LogP contribution in [0.3, 0.4) is 0 Å². The van der Waals surface area contributed by atoms with Gasteiger partial charge in [0.1, 0.15) is 0 Å². The molecule has 0 spiro atoms.